The predicted molar refractivity (Wildman–Crippen MR) is 79.6 cm³/mol. The van der Waals surface area contributed by atoms with E-state index in [1.807, 2.05) is 12.1 Å². The Morgan fingerprint density at radius 3 is 2.91 bits per heavy atom. The summed E-state index contributed by atoms with van der Waals surface area (Å²) < 4.78 is 5.20. The van der Waals surface area contributed by atoms with Gasteiger partial charge >= 0.3 is 5.97 Å². The molecule has 2 aliphatic rings. The summed E-state index contributed by atoms with van der Waals surface area (Å²) in [7, 11) is 3.70. The number of nitrogens with zero attached hydrogens (tertiary/aromatic N) is 3. The standard InChI is InChI=1S/C15H18N4O3/c1-18-7-10-5-9(18)8-19(10)22-15(20)14-12-6-11(21-2)3-4-13(12)16-17-14/h3-4,6,9-10H,5,7-8H2,1-2H3,(H,16,17). The van der Waals surface area contributed by atoms with Gasteiger partial charge in [-0.3, -0.25) is 5.10 Å². The zero-order chi connectivity index (χ0) is 15.3. The fourth-order valence-electron chi connectivity index (χ4n) is 3.37. The van der Waals surface area contributed by atoms with Crippen molar-refractivity contribution in [1.29, 1.82) is 0 Å². The maximum atomic E-state index is 12.4. The fraction of sp³-hybridized carbons (Fsp3) is 0.467. The second kappa shape index (κ2) is 4.96. The number of hydrogen-bond donors (Lipinski definition) is 1. The third kappa shape index (κ3) is 2.05. The Labute approximate surface area is 127 Å². The van der Waals surface area contributed by atoms with Crippen LogP contribution < -0.4 is 4.74 Å². The number of likely N-dealkylation sites (tertiary alicyclic amines) is 1. The van der Waals surface area contributed by atoms with Crippen LogP contribution in [0.5, 0.6) is 5.75 Å². The highest BCUT2D eigenvalue weighted by atomic mass is 16.7. The van der Waals surface area contributed by atoms with Gasteiger partial charge in [0, 0.05) is 18.0 Å². The molecule has 0 aliphatic carbocycles. The largest absolute Gasteiger partial charge is 0.497 e. The van der Waals surface area contributed by atoms with Crippen molar-refractivity contribution in [3.63, 3.8) is 0 Å². The molecule has 22 heavy (non-hydrogen) atoms. The summed E-state index contributed by atoms with van der Waals surface area (Å²) >= 11 is 0. The van der Waals surface area contributed by atoms with Crippen molar-refractivity contribution >= 4 is 16.9 Å². The van der Waals surface area contributed by atoms with E-state index in [1.165, 1.54) is 0 Å². The highest BCUT2D eigenvalue weighted by Gasteiger charge is 2.43. The Kier molecular flexibility index (Phi) is 3.05. The zero-order valence-electron chi connectivity index (χ0n) is 12.6. The number of H-pyrrole nitrogens is 1. The molecule has 0 saturated carbocycles. The Balaban J connectivity index is 1.56. The number of benzene rings is 1. The summed E-state index contributed by atoms with van der Waals surface area (Å²) in [5.41, 5.74) is 1.08. The number of piperazine rings is 1. The number of rotatable bonds is 3. The summed E-state index contributed by atoms with van der Waals surface area (Å²) in [6, 6.07) is 6.22. The van der Waals surface area contributed by atoms with Crippen LogP contribution in [0, 0.1) is 0 Å². The molecule has 2 atom stereocenters. The molecule has 2 unspecified atom stereocenters. The molecule has 116 valence electrons. The normalized spacial score (nSPS) is 25.0. The number of hydroxylamine groups is 2. The minimum Gasteiger partial charge on any atom is -0.497 e. The van der Waals surface area contributed by atoms with Gasteiger partial charge in [0.1, 0.15) is 5.75 Å². The van der Waals surface area contributed by atoms with Crippen LogP contribution in [0.1, 0.15) is 16.9 Å². The monoisotopic (exact) mass is 302 g/mol. The summed E-state index contributed by atoms with van der Waals surface area (Å²) in [4.78, 5) is 20.3. The molecule has 1 aromatic heterocycles. The highest BCUT2D eigenvalue weighted by molar-refractivity contribution is 6.02. The first-order chi connectivity index (χ1) is 10.7. The highest BCUT2D eigenvalue weighted by Crippen LogP contribution is 2.30. The summed E-state index contributed by atoms with van der Waals surface area (Å²) in [5, 5.41) is 9.46. The first-order valence-electron chi connectivity index (χ1n) is 7.37. The van der Waals surface area contributed by atoms with Crippen LogP contribution in [0.2, 0.25) is 0 Å². The first kappa shape index (κ1) is 13.5. The average molecular weight is 302 g/mol. The quantitative estimate of drug-likeness (QED) is 0.913. The van der Waals surface area contributed by atoms with Crippen LogP contribution in [0.3, 0.4) is 0 Å². The third-order valence-corrected chi connectivity index (χ3v) is 4.63. The lowest BCUT2D eigenvalue weighted by molar-refractivity contribution is -0.134. The van der Waals surface area contributed by atoms with E-state index >= 15 is 0 Å². The molecule has 2 aromatic rings. The molecule has 2 aliphatic heterocycles. The van der Waals surface area contributed by atoms with Crippen molar-refractivity contribution < 1.29 is 14.4 Å². The van der Waals surface area contributed by atoms with Crippen LogP contribution in [0.15, 0.2) is 18.2 Å². The van der Waals surface area contributed by atoms with Gasteiger partial charge in [0.15, 0.2) is 5.69 Å². The molecular formula is C15H18N4O3. The van der Waals surface area contributed by atoms with Crippen LogP contribution in [-0.2, 0) is 4.84 Å². The van der Waals surface area contributed by atoms with E-state index in [1.54, 1.807) is 18.2 Å². The van der Waals surface area contributed by atoms with Gasteiger partial charge < -0.3 is 14.5 Å². The second-order valence-corrected chi connectivity index (χ2v) is 5.95. The summed E-state index contributed by atoms with van der Waals surface area (Å²) in [6.07, 6.45) is 1.05. The number of aromatic amines is 1. The van der Waals surface area contributed by atoms with Gasteiger partial charge in [-0.25, -0.2) is 4.79 Å². The van der Waals surface area contributed by atoms with E-state index in [-0.39, 0.29) is 0 Å². The maximum absolute atomic E-state index is 12.4. The molecule has 1 N–H and O–H groups in total. The third-order valence-electron chi connectivity index (χ3n) is 4.63. The van der Waals surface area contributed by atoms with Crippen LogP contribution >= 0.6 is 0 Å². The SMILES string of the molecule is COc1ccc2[nH]nc(C(=O)ON3CC4CC3CN4C)c2c1. The van der Waals surface area contributed by atoms with Gasteiger partial charge in [0.05, 0.1) is 25.2 Å². The van der Waals surface area contributed by atoms with E-state index in [0.29, 0.717) is 28.9 Å². The molecule has 0 spiro atoms. The summed E-state index contributed by atoms with van der Waals surface area (Å²) in [6.45, 7) is 1.70. The van der Waals surface area contributed by atoms with Gasteiger partial charge in [-0.1, -0.05) is 0 Å². The number of fused-ring (bicyclic) bond motifs is 3. The van der Waals surface area contributed by atoms with E-state index in [0.717, 1.165) is 25.0 Å². The van der Waals surface area contributed by atoms with Crippen molar-refractivity contribution in [2.45, 2.75) is 18.5 Å². The van der Waals surface area contributed by atoms with Gasteiger partial charge in [0.25, 0.3) is 0 Å². The summed E-state index contributed by atoms with van der Waals surface area (Å²) in [5.74, 6) is 0.263. The number of likely N-dealkylation sites (N-methyl/N-ethyl adjacent to an activating group) is 1. The van der Waals surface area contributed by atoms with Crippen LogP contribution in [0.25, 0.3) is 10.9 Å². The minimum atomic E-state index is -0.422. The molecule has 7 nitrogen and oxygen atoms in total. The molecule has 4 rings (SSSR count). The molecule has 7 heteroatoms. The topological polar surface area (TPSA) is 70.7 Å². The number of ether oxygens (including phenoxy) is 1. The number of nitrogens with one attached hydrogen (secondary N) is 1. The lowest BCUT2D eigenvalue weighted by atomic mass is 10.2. The minimum absolute atomic E-state index is 0.290. The second-order valence-electron chi connectivity index (χ2n) is 5.95. The average Bonchev–Trinajstić information content (AvgIpc) is 3.19. The van der Waals surface area contributed by atoms with Crippen LogP contribution in [-0.4, -0.2) is 65.5 Å². The van der Waals surface area contributed by atoms with E-state index in [4.69, 9.17) is 9.57 Å². The molecule has 2 bridgehead atoms. The number of carbonyl (C=O) groups is 1. The molecule has 0 radical (unpaired) electrons. The van der Waals surface area contributed by atoms with Crippen molar-refractivity contribution in [1.82, 2.24) is 20.2 Å². The number of aromatic nitrogens is 2. The number of hydrogen-bond acceptors (Lipinski definition) is 6. The van der Waals surface area contributed by atoms with Gasteiger partial charge in [-0.05, 0) is 31.7 Å². The maximum Gasteiger partial charge on any atom is 0.378 e. The van der Waals surface area contributed by atoms with Crippen molar-refractivity contribution in [3.8, 4) is 5.75 Å². The number of carbonyl (C=O) groups excluding carboxylic acids is 1. The van der Waals surface area contributed by atoms with E-state index < -0.39 is 5.97 Å². The molecule has 1 aromatic carbocycles. The molecule has 0 amide bonds. The predicted octanol–water partition coefficient (Wildman–Crippen LogP) is 1.03. The fourth-order valence-corrected chi connectivity index (χ4v) is 3.37. The number of methoxy groups -OCH3 is 1. The Morgan fingerprint density at radius 2 is 2.23 bits per heavy atom. The Hall–Kier alpha value is -2.12. The molecule has 3 heterocycles. The van der Waals surface area contributed by atoms with Crippen LogP contribution in [0.4, 0.5) is 0 Å². The van der Waals surface area contributed by atoms with Crippen molar-refractivity contribution in [2.24, 2.45) is 0 Å². The Bertz CT molecular complexity index is 727. The zero-order valence-corrected chi connectivity index (χ0v) is 12.6. The van der Waals surface area contributed by atoms with Gasteiger partial charge in [-0.15, -0.1) is 5.06 Å². The lowest BCUT2D eigenvalue weighted by Gasteiger charge is -2.29. The van der Waals surface area contributed by atoms with Gasteiger partial charge in [-0.2, -0.15) is 5.10 Å². The Morgan fingerprint density at radius 1 is 1.36 bits per heavy atom. The van der Waals surface area contributed by atoms with E-state index in [2.05, 4.69) is 22.1 Å². The van der Waals surface area contributed by atoms with Gasteiger partial charge in [0.2, 0.25) is 0 Å². The van der Waals surface area contributed by atoms with Crippen molar-refractivity contribution in [2.75, 3.05) is 27.2 Å². The van der Waals surface area contributed by atoms with Crippen molar-refractivity contribution in [3.05, 3.63) is 23.9 Å². The first-order valence-corrected chi connectivity index (χ1v) is 7.37. The smallest absolute Gasteiger partial charge is 0.378 e. The van der Waals surface area contributed by atoms with E-state index in [9.17, 15) is 4.79 Å². The molecule has 2 fully saturated rings. The lowest BCUT2D eigenvalue weighted by Crippen LogP contribution is -2.45. The molecule has 2 saturated heterocycles. The molecular weight excluding hydrogens is 284 g/mol.